The summed E-state index contributed by atoms with van der Waals surface area (Å²) in [7, 11) is 1.37. The van der Waals surface area contributed by atoms with Crippen LogP contribution in [0.15, 0.2) is 24.3 Å². The van der Waals surface area contributed by atoms with Crippen LogP contribution < -0.4 is 0 Å². The average Bonchev–Trinajstić information content (AvgIpc) is 3.15. The van der Waals surface area contributed by atoms with Crippen LogP contribution in [0.3, 0.4) is 0 Å². The SMILES string of the molecule is COC(=O)c1ccccc1[C@H]1CN1[S+]([O-])C(C)(C)C. The second-order valence-corrected chi connectivity index (χ2v) is 7.75. The topological polar surface area (TPSA) is 52.4 Å². The van der Waals surface area contributed by atoms with Crippen LogP contribution in [0.4, 0.5) is 0 Å². The summed E-state index contributed by atoms with van der Waals surface area (Å²) in [5.41, 5.74) is 1.45. The highest BCUT2D eigenvalue weighted by Crippen LogP contribution is 2.42. The van der Waals surface area contributed by atoms with Crippen molar-refractivity contribution >= 4 is 17.3 Å². The first-order chi connectivity index (χ1) is 8.86. The van der Waals surface area contributed by atoms with Gasteiger partial charge in [-0.3, -0.25) is 0 Å². The van der Waals surface area contributed by atoms with Gasteiger partial charge in [-0.25, -0.2) is 4.79 Å². The molecule has 2 rings (SSSR count). The summed E-state index contributed by atoms with van der Waals surface area (Å²) in [5.74, 6) is -0.344. The maximum atomic E-state index is 12.3. The Morgan fingerprint density at radius 3 is 2.63 bits per heavy atom. The van der Waals surface area contributed by atoms with Gasteiger partial charge in [0.15, 0.2) is 0 Å². The molecule has 0 N–H and O–H groups in total. The van der Waals surface area contributed by atoms with E-state index in [0.717, 1.165) is 12.1 Å². The molecule has 19 heavy (non-hydrogen) atoms. The second-order valence-electron chi connectivity index (χ2n) is 5.56. The smallest absolute Gasteiger partial charge is 0.338 e. The zero-order chi connectivity index (χ0) is 14.2. The summed E-state index contributed by atoms with van der Waals surface area (Å²) in [6.45, 7) is 6.57. The summed E-state index contributed by atoms with van der Waals surface area (Å²) >= 11 is -1.05. The number of carbonyl (C=O) groups excluding carboxylic acids is 1. The zero-order valence-corrected chi connectivity index (χ0v) is 12.5. The first-order valence-corrected chi connectivity index (χ1v) is 7.33. The molecule has 1 aromatic carbocycles. The number of esters is 1. The number of carbonyl (C=O) groups is 1. The van der Waals surface area contributed by atoms with Crippen molar-refractivity contribution in [2.24, 2.45) is 0 Å². The predicted octanol–water partition coefficient (Wildman–Crippen LogP) is 2.29. The first-order valence-electron chi connectivity index (χ1n) is 6.22. The fourth-order valence-corrected chi connectivity index (χ4v) is 3.32. The van der Waals surface area contributed by atoms with Crippen LogP contribution in [0, 0.1) is 0 Å². The molecular formula is C14H19NO3S. The van der Waals surface area contributed by atoms with Crippen LogP contribution in [0.5, 0.6) is 0 Å². The van der Waals surface area contributed by atoms with E-state index in [1.54, 1.807) is 6.07 Å². The number of nitrogens with zero attached hydrogens (tertiary/aromatic N) is 1. The van der Waals surface area contributed by atoms with Gasteiger partial charge in [0.05, 0.1) is 25.3 Å². The minimum atomic E-state index is -1.05. The van der Waals surface area contributed by atoms with Crippen molar-refractivity contribution in [3.05, 3.63) is 35.4 Å². The summed E-state index contributed by atoms with van der Waals surface area (Å²) in [5, 5.41) is 0. The van der Waals surface area contributed by atoms with Gasteiger partial charge in [0.25, 0.3) is 0 Å². The minimum absolute atomic E-state index is 0.0513. The van der Waals surface area contributed by atoms with Crippen molar-refractivity contribution in [1.82, 2.24) is 4.31 Å². The quantitative estimate of drug-likeness (QED) is 0.484. The van der Waals surface area contributed by atoms with Crippen LogP contribution in [0.25, 0.3) is 0 Å². The van der Waals surface area contributed by atoms with E-state index in [1.807, 2.05) is 43.3 Å². The molecule has 104 valence electrons. The molecule has 1 fully saturated rings. The highest BCUT2D eigenvalue weighted by atomic mass is 32.2. The standard InChI is InChI=1S/C14H19NO3S/c1-14(2,3)19(17)15-9-12(15)10-7-5-6-8-11(10)13(16)18-4/h5-8,12H,9H2,1-4H3/t12-,15?,19?/m1/s1. The average molecular weight is 281 g/mol. The van der Waals surface area contributed by atoms with Gasteiger partial charge in [-0.1, -0.05) is 18.2 Å². The van der Waals surface area contributed by atoms with E-state index in [0.29, 0.717) is 5.56 Å². The van der Waals surface area contributed by atoms with E-state index in [1.165, 1.54) is 7.11 Å². The van der Waals surface area contributed by atoms with Crippen LogP contribution in [-0.4, -0.2) is 33.2 Å². The second kappa shape index (κ2) is 5.15. The van der Waals surface area contributed by atoms with Gasteiger partial charge in [0.1, 0.15) is 4.75 Å². The molecule has 1 saturated heterocycles. The molecule has 0 saturated carbocycles. The van der Waals surface area contributed by atoms with Crippen molar-refractivity contribution in [3.8, 4) is 0 Å². The molecule has 1 aromatic rings. The molecule has 0 amide bonds. The lowest BCUT2D eigenvalue weighted by molar-refractivity contribution is 0.0599. The lowest BCUT2D eigenvalue weighted by Gasteiger charge is -2.24. The van der Waals surface area contributed by atoms with Crippen molar-refractivity contribution in [1.29, 1.82) is 0 Å². The molecule has 1 aliphatic heterocycles. The maximum Gasteiger partial charge on any atom is 0.338 e. The van der Waals surface area contributed by atoms with E-state index >= 15 is 0 Å². The minimum Gasteiger partial charge on any atom is -0.597 e. The fourth-order valence-electron chi connectivity index (χ4n) is 2.00. The number of benzene rings is 1. The summed E-state index contributed by atoms with van der Waals surface area (Å²) in [6, 6.07) is 7.39. The van der Waals surface area contributed by atoms with Crippen molar-refractivity contribution in [2.45, 2.75) is 31.6 Å². The van der Waals surface area contributed by atoms with Gasteiger partial charge in [0, 0.05) is 11.4 Å². The van der Waals surface area contributed by atoms with Gasteiger partial charge < -0.3 is 9.29 Å². The van der Waals surface area contributed by atoms with E-state index < -0.39 is 11.4 Å². The summed E-state index contributed by atoms with van der Waals surface area (Å²) < 4.78 is 18.7. The van der Waals surface area contributed by atoms with E-state index in [4.69, 9.17) is 4.74 Å². The number of methoxy groups -OCH3 is 1. The molecule has 4 nitrogen and oxygen atoms in total. The van der Waals surface area contributed by atoms with Crippen LogP contribution in [0.2, 0.25) is 0 Å². The highest BCUT2D eigenvalue weighted by molar-refractivity contribution is 7.90. The number of hydrogen-bond donors (Lipinski definition) is 0. The van der Waals surface area contributed by atoms with Crippen LogP contribution >= 0.6 is 0 Å². The van der Waals surface area contributed by atoms with E-state index in [2.05, 4.69) is 0 Å². The Balaban J connectivity index is 2.20. The molecule has 0 bridgehead atoms. The highest BCUT2D eigenvalue weighted by Gasteiger charge is 2.50. The Morgan fingerprint density at radius 1 is 1.42 bits per heavy atom. The van der Waals surface area contributed by atoms with Gasteiger partial charge >= 0.3 is 5.97 Å². The van der Waals surface area contributed by atoms with E-state index in [9.17, 15) is 9.35 Å². The maximum absolute atomic E-state index is 12.3. The van der Waals surface area contributed by atoms with Crippen LogP contribution in [0.1, 0.15) is 42.7 Å². The molecule has 1 heterocycles. The number of hydrogen-bond acceptors (Lipinski definition) is 4. The largest absolute Gasteiger partial charge is 0.597 e. The summed E-state index contributed by atoms with van der Waals surface area (Å²) in [4.78, 5) is 11.7. The molecule has 2 unspecified atom stereocenters. The molecular weight excluding hydrogens is 262 g/mol. The monoisotopic (exact) mass is 281 g/mol. The van der Waals surface area contributed by atoms with Gasteiger partial charge in [-0.05, 0) is 32.4 Å². The third kappa shape index (κ3) is 2.94. The Morgan fingerprint density at radius 2 is 2.05 bits per heavy atom. The number of ether oxygens (including phenoxy) is 1. The Bertz CT molecular complexity index is 484. The van der Waals surface area contributed by atoms with Gasteiger partial charge in [-0.2, -0.15) is 0 Å². The molecule has 5 heteroatoms. The Labute approximate surface area is 117 Å². The normalized spacial score (nSPS) is 23.8. The Kier molecular flexibility index (Phi) is 3.90. The van der Waals surface area contributed by atoms with Gasteiger partial charge in [-0.15, -0.1) is 4.31 Å². The first kappa shape index (κ1) is 14.4. The molecule has 3 atom stereocenters. The van der Waals surface area contributed by atoms with Crippen molar-refractivity contribution in [3.63, 3.8) is 0 Å². The van der Waals surface area contributed by atoms with E-state index in [-0.39, 0.29) is 16.8 Å². The van der Waals surface area contributed by atoms with Crippen LogP contribution in [-0.2, 0) is 16.1 Å². The lowest BCUT2D eigenvalue weighted by Crippen LogP contribution is -2.33. The predicted molar refractivity (Wildman–Crippen MR) is 75.1 cm³/mol. The molecule has 0 aromatic heterocycles. The molecule has 1 aliphatic rings. The third-order valence-corrected chi connectivity index (χ3v) is 4.91. The summed E-state index contributed by atoms with van der Waals surface area (Å²) in [6.07, 6.45) is 0. The van der Waals surface area contributed by atoms with Crippen molar-refractivity contribution < 1.29 is 14.1 Å². The fraction of sp³-hybridized carbons (Fsp3) is 0.500. The lowest BCUT2D eigenvalue weighted by atomic mass is 10.1. The Hall–Kier alpha value is -1.04. The number of rotatable bonds is 3. The zero-order valence-electron chi connectivity index (χ0n) is 11.7. The third-order valence-electron chi connectivity index (χ3n) is 3.03. The van der Waals surface area contributed by atoms with Gasteiger partial charge in [0.2, 0.25) is 0 Å². The van der Waals surface area contributed by atoms with Crippen molar-refractivity contribution in [2.75, 3.05) is 13.7 Å². The molecule has 0 aliphatic carbocycles. The molecule has 0 radical (unpaired) electrons. The molecule has 0 spiro atoms.